The summed E-state index contributed by atoms with van der Waals surface area (Å²) >= 11 is 0. The molecule has 0 aromatic heterocycles. The average molecular weight is 207 g/mol. The predicted octanol–water partition coefficient (Wildman–Crippen LogP) is 1.85. The molecular weight excluding hydrogens is 186 g/mol. The van der Waals surface area contributed by atoms with E-state index in [9.17, 15) is 0 Å². The molecule has 0 aliphatic rings. The van der Waals surface area contributed by atoms with Crippen LogP contribution in [0.15, 0.2) is 24.3 Å². The third-order valence-corrected chi connectivity index (χ3v) is 2.61. The number of likely N-dealkylation sites (N-methyl/N-ethyl adjacent to an activating group) is 1. The molecule has 0 saturated heterocycles. The number of aryl methyl sites for hydroxylation is 2. The lowest BCUT2D eigenvalue weighted by atomic mass is 10.1. The molecule has 1 aromatic rings. The fraction of sp³-hybridized carbons (Fsp3) is 0.538. The number of aliphatic hydroxyl groups excluding tert-OH is 1. The second-order valence-electron chi connectivity index (χ2n) is 4.12. The van der Waals surface area contributed by atoms with Crippen molar-refractivity contribution in [3.05, 3.63) is 35.4 Å². The van der Waals surface area contributed by atoms with Crippen LogP contribution in [-0.4, -0.2) is 36.8 Å². The van der Waals surface area contributed by atoms with Crippen LogP contribution >= 0.6 is 0 Å². The van der Waals surface area contributed by atoms with Gasteiger partial charge in [0.05, 0.1) is 6.61 Å². The molecule has 0 heterocycles. The van der Waals surface area contributed by atoms with E-state index in [0.29, 0.717) is 0 Å². The Kier molecular flexibility index (Phi) is 5.37. The minimum absolute atomic E-state index is 0.251. The van der Waals surface area contributed by atoms with Gasteiger partial charge in [-0.2, -0.15) is 0 Å². The Morgan fingerprint density at radius 2 is 1.80 bits per heavy atom. The topological polar surface area (TPSA) is 23.5 Å². The van der Waals surface area contributed by atoms with Crippen molar-refractivity contribution in [1.82, 2.24) is 4.90 Å². The number of nitrogens with zero attached hydrogens (tertiary/aromatic N) is 1. The summed E-state index contributed by atoms with van der Waals surface area (Å²) in [6.45, 7) is 4.18. The molecule has 2 heteroatoms. The van der Waals surface area contributed by atoms with Gasteiger partial charge in [0.25, 0.3) is 0 Å². The van der Waals surface area contributed by atoms with E-state index in [4.69, 9.17) is 5.11 Å². The molecule has 0 atom stereocenters. The minimum atomic E-state index is 0.251. The van der Waals surface area contributed by atoms with Gasteiger partial charge in [0.15, 0.2) is 0 Å². The van der Waals surface area contributed by atoms with Gasteiger partial charge in [0, 0.05) is 6.54 Å². The van der Waals surface area contributed by atoms with Crippen LogP contribution in [0.2, 0.25) is 0 Å². The second-order valence-corrected chi connectivity index (χ2v) is 4.12. The van der Waals surface area contributed by atoms with E-state index in [2.05, 4.69) is 36.1 Å². The summed E-state index contributed by atoms with van der Waals surface area (Å²) in [5.74, 6) is 0. The number of hydrogen-bond acceptors (Lipinski definition) is 2. The Labute approximate surface area is 92.5 Å². The minimum Gasteiger partial charge on any atom is -0.395 e. The van der Waals surface area contributed by atoms with E-state index < -0.39 is 0 Å². The molecule has 15 heavy (non-hydrogen) atoms. The van der Waals surface area contributed by atoms with Gasteiger partial charge in [0.2, 0.25) is 0 Å². The fourth-order valence-electron chi connectivity index (χ4n) is 1.59. The van der Waals surface area contributed by atoms with E-state index in [1.165, 1.54) is 11.1 Å². The van der Waals surface area contributed by atoms with Crippen LogP contribution in [0.25, 0.3) is 0 Å². The van der Waals surface area contributed by atoms with Gasteiger partial charge in [-0.25, -0.2) is 0 Å². The van der Waals surface area contributed by atoms with Crippen molar-refractivity contribution in [2.24, 2.45) is 0 Å². The largest absolute Gasteiger partial charge is 0.395 e. The third kappa shape index (κ3) is 4.96. The molecule has 1 aromatic carbocycles. The predicted molar refractivity (Wildman–Crippen MR) is 64.1 cm³/mol. The Bertz CT molecular complexity index is 268. The number of rotatable bonds is 6. The molecule has 0 unspecified atom stereocenters. The smallest absolute Gasteiger partial charge is 0.0558 e. The van der Waals surface area contributed by atoms with E-state index in [-0.39, 0.29) is 6.61 Å². The first-order chi connectivity index (χ1) is 7.22. The molecular formula is C13H21NO. The first-order valence-corrected chi connectivity index (χ1v) is 5.57. The van der Waals surface area contributed by atoms with Crippen LogP contribution in [-0.2, 0) is 6.42 Å². The summed E-state index contributed by atoms with van der Waals surface area (Å²) in [4.78, 5) is 2.16. The lowest BCUT2D eigenvalue weighted by molar-refractivity contribution is 0.220. The summed E-state index contributed by atoms with van der Waals surface area (Å²) in [6, 6.07) is 8.71. The van der Waals surface area contributed by atoms with Crippen LogP contribution in [0.4, 0.5) is 0 Å². The average Bonchev–Trinajstić information content (AvgIpc) is 2.21. The molecule has 2 nitrogen and oxygen atoms in total. The summed E-state index contributed by atoms with van der Waals surface area (Å²) in [5.41, 5.74) is 2.72. The van der Waals surface area contributed by atoms with Crippen molar-refractivity contribution in [3.63, 3.8) is 0 Å². The summed E-state index contributed by atoms with van der Waals surface area (Å²) in [6.07, 6.45) is 2.27. The zero-order valence-corrected chi connectivity index (χ0v) is 9.74. The standard InChI is InChI=1S/C13H21NO/c1-12-5-7-13(8-6-12)4-3-9-14(2)10-11-15/h5-8,15H,3-4,9-11H2,1-2H3. The molecule has 1 rings (SSSR count). The fourth-order valence-corrected chi connectivity index (χ4v) is 1.59. The van der Waals surface area contributed by atoms with Gasteiger partial charge in [0.1, 0.15) is 0 Å². The lowest BCUT2D eigenvalue weighted by Gasteiger charge is -2.14. The van der Waals surface area contributed by atoms with Crippen molar-refractivity contribution in [2.45, 2.75) is 19.8 Å². The van der Waals surface area contributed by atoms with Gasteiger partial charge in [-0.1, -0.05) is 29.8 Å². The highest BCUT2D eigenvalue weighted by molar-refractivity contribution is 5.21. The van der Waals surface area contributed by atoms with Crippen molar-refractivity contribution < 1.29 is 5.11 Å². The molecule has 0 aliphatic heterocycles. The Morgan fingerprint density at radius 3 is 2.40 bits per heavy atom. The van der Waals surface area contributed by atoms with Crippen molar-refractivity contribution in [2.75, 3.05) is 26.7 Å². The highest BCUT2D eigenvalue weighted by atomic mass is 16.3. The van der Waals surface area contributed by atoms with E-state index in [1.807, 2.05) is 7.05 Å². The van der Waals surface area contributed by atoms with Gasteiger partial charge in [-0.3, -0.25) is 0 Å². The number of hydrogen-bond donors (Lipinski definition) is 1. The quantitative estimate of drug-likeness (QED) is 0.769. The maximum atomic E-state index is 8.74. The van der Waals surface area contributed by atoms with E-state index in [1.54, 1.807) is 0 Å². The van der Waals surface area contributed by atoms with Gasteiger partial charge >= 0.3 is 0 Å². The SMILES string of the molecule is Cc1ccc(CCCN(C)CCO)cc1. The van der Waals surface area contributed by atoms with Gasteiger partial charge in [-0.05, 0) is 38.9 Å². The molecule has 0 bridgehead atoms. The first kappa shape index (κ1) is 12.2. The van der Waals surface area contributed by atoms with E-state index in [0.717, 1.165) is 25.9 Å². The van der Waals surface area contributed by atoms with Crippen molar-refractivity contribution in [3.8, 4) is 0 Å². The summed E-state index contributed by atoms with van der Waals surface area (Å²) in [7, 11) is 2.05. The third-order valence-electron chi connectivity index (χ3n) is 2.61. The monoisotopic (exact) mass is 207 g/mol. The van der Waals surface area contributed by atoms with Crippen molar-refractivity contribution >= 4 is 0 Å². The summed E-state index contributed by atoms with van der Waals surface area (Å²) < 4.78 is 0. The zero-order valence-electron chi connectivity index (χ0n) is 9.74. The Balaban J connectivity index is 2.22. The van der Waals surface area contributed by atoms with Crippen LogP contribution in [0.3, 0.4) is 0 Å². The zero-order chi connectivity index (χ0) is 11.1. The summed E-state index contributed by atoms with van der Waals surface area (Å²) in [5, 5.41) is 8.74. The van der Waals surface area contributed by atoms with Crippen LogP contribution < -0.4 is 0 Å². The Morgan fingerprint density at radius 1 is 1.13 bits per heavy atom. The first-order valence-electron chi connectivity index (χ1n) is 5.57. The van der Waals surface area contributed by atoms with Crippen LogP contribution in [0, 0.1) is 6.92 Å². The molecule has 0 aliphatic carbocycles. The van der Waals surface area contributed by atoms with E-state index >= 15 is 0 Å². The van der Waals surface area contributed by atoms with Gasteiger partial charge in [-0.15, -0.1) is 0 Å². The molecule has 0 fully saturated rings. The maximum Gasteiger partial charge on any atom is 0.0558 e. The normalized spacial score (nSPS) is 10.9. The molecule has 84 valence electrons. The number of aliphatic hydroxyl groups is 1. The lowest BCUT2D eigenvalue weighted by Crippen LogP contribution is -2.23. The van der Waals surface area contributed by atoms with Crippen molar-refractivity contribution in [1.29, 1.82) is 0 Å². The maximum absolute atomic E-state index is 8.74. The number of benzene rings is 1. The Hall–Kier alpha value is -0.860. The molecule has 0 saturated carbocycles. The second kappa shape index (κ2) is 6.59. The van der Waals surface area contributed by atoms with Gasteiger partial charge < -0.3 is 10.0 Å². The molecule has 0 radical (unpaired) electrons. The van der Waals surface area contributed by atoms with Crippen LogP contribution in [0.5, 0.6) is 0 Å². The highest BCUT2D eigenvalue weighted by Crippen LogP contribution is 2.05. The molecule has 0 amide bonds. The highest BCUT2D eigenvalue weighted by Gasteiger charge is 1.97. The molecule has 1 N–H and O–H groups in total. The van der Waals surface area contributed by atoms with Crippen LogP contribution in [0.1, 0.15) is 17.5 Å². The molecule has 0 spiro atoms.